The van der Waals surface area contributed by atoms with Crippen molar-refractivity contribution in [3.8, 4) is 0 Å². The number of nitrogens with zero attached hydrogens (tertiary/aromatic N) is 1. The highest BCUT2D eigenvalue weighted by atomic mass is 35.5. The molecule has 0 bridgehead atoms. The molecule has 1 heterocycles. The lowest BCUT2D eigenvalue weighted by molar-refractivity contribution is 0.298. The molecule has 1 N–H and O–H groups in total. The van der Waals surface area contributed by atoms with Gasteiger partial charge in [0.1, 0.15) is 5.15 Å². The van der Waals surface area contributed by atoms with Gasteiger partial charge in [-0.15, -0.1) is 0 Å². The fraction of sp³-hybridized carbons (Fsp3) is 0.286. The Bertz CT molecular complexity index is 290. The van der Waals surface area contributed by atoms with Gasteiger partial charge in [-0.2, -0.15) is 0 Å². The Morgan fingerprint density at radius 3 is 2.50 bits per heavy atom. The zero-order valence-electron chi connectivity index (χ0n) is 6.02. The Kier molecular flexibility index (Phi) is 3.59. The second-order valence-electron chi connectivity index (χ2n) is 2.16. The first-order valence-electron chi connectivity index (χ1n) is 3.26. The predicted octanol–water partition coefficient (Wildman–Crippen LogP) is 2.58. The van der Waals surface area contributed by atoms with Crippen LogP contribution in [0.5, 0.6) is 0 Å². The normalized spacial score (nSPS) is 10.3. The van der Waals surface area contributed by atoms with Crippen molar-refractivity contribution in [1.29, 1.82) is 0 Å². The summed E-state index contributed by atoms with van der Waals surface area (Å²) in [6.07, 6.45) is 0.385. The fourth-order valence-electron chi connectivity index (χ4n) is 0.761. The van der Waals surface area contributed by atoms with E-state index in [2.05, 4.69) is 4.98 Å². The molecule has 66 valence electrons. The summed E-state index contributed by atoms with van der Waals surface area (Å²) in [6.45, 7) is -0.00924. The Labute approximate surface area is 85.1 Å². The molecule has 12 heavy (non-hydrogen) atoms. The molecule has 0 radical (unpaired) electrons. The predicted molar refractivity (Wildman–Crippen MR) is 50.1 cm³/mol. The average Bonchev–Trinajstić information content (AvgIpc) is 2.01. The van der Waals surface area contributed by atoms with Gasteiger partial charge in [-0.3, -0.25) is 0 Å². The number of rotatable bonds is 2. The Morgan fingerprint density at radius 2 is 1.92 bits per heavy atom. The van der Waals surface area contributed by atoms with Crippen molar-refractivity contribution in [3.63, 3.8) is 0 Å². The minimum atomic E-state index is -0.00924. The second kappa shape index (κ2) is 4.28. The van der Waals surface area contributed by atoms with Crippen LogP contribution in [0.3, 0.4) is 0 Å². The molecule has 0 unspecified atom stereocenters. The van der Waals surface area contributed by atoms with Crippen LogP contribution in [0.25, 0.3) is 0 Å². The van der Waals surface area contributed by atoms with Crippen LogP contribution in [0.4, 0.5) is 0 Å². The van der Waals surface area contributed by atoms with Crippen molar-refractivity contribution in [1.82, 2.24) is 4.98 Å². The molecule has 0 spiro atoms. The molecule has 0 aliphatic carbocycles. The lowest BCUT2D eigenvalue weighted by atomic mass is 10.3. The first-order chi connectivity index (χ1) is 5.65. The molecule has 0 atom stereocenters. The zero-order chi connectivity index (χ0) is 9.14. The fourth-order valence-corrected chi connectivity index (χ4v) is 1.37. The summed E-state index contributed by atoms with van der Waals surface area (Å²) in [4.78, 5) is 3.90. The first kappa shape index (κ1) is 10.1. The molecule has 1 aromatic rings. The van der Waals surface area contributed by atoms with Crippen LogP contribution < -0.4 is 0 Å². The van der Waals surface area contributed by atoms with Crippen LogP contribution >= 0.6 is 34.8 Å². The van der Waals surface area contributed by atoms with Gasteiger partial charge < -0.3 is 5.11 Å². The van der Waals surface area contributed by atoms with Crippen molar-refractivity contribution >= 4 is 34.8 Å². The van der Waals surface area contributed by atoms with Gasteiger partial charge in [0.2, 0.25) is 0 Å². The quantitative estimate of drug-likeness (QED) is 0.786. The third-order valence-electron chi connectivity index (χ3n) is 1.31. The van der Waals surface area contributed by atoms with E-state index in [9.17, 15) is 0 Å². The van der Waals surface area contributed by atoms with Gasteiger partial charge in [0.15, 0.2) is 0 Å². The van der Waals surface area contributed by atoms with Gasteiger partial charge in [-0.25, -0.2) is 4.98 Å². The van der Waals surface area contributed by atoms with E-state index in [1.54, 1.807) is 0 Å². The SMILES string of the molecule is OCCc1nc(Cl)c(Cl)cc1Cl. The standard InChI is InChI=1S/C7H6Cl3NO/c8-4-3-5(9)7(10)11-6(4)1-2-12/h3,12H,1-2H2. The minimum absolute atomic E-state index is 0.00924. The van der Waals surface area contributed by atoms with Crippen molar-refractivity contribution < 1.29 is 5.11 Å². The number of halogens is 3. The topological polar surface area (TPSA) is 33.1 Å². The molecule has 0 aromatic carbocycles. The molecule has 0 amide bonds. The number of hydrogen-bond donors (Lipinski definition) is 1. The molecule has 0 saturated carbocycles. The largest absolute Gasteiger partial charge is 0.396 e. The smallest absolute Gasteiger partial charge is 0.148 e. The van der Waals surface area contributed by atoms with E-state index in [0.29, 0.717) is 22.2 Å². The maximum absolute atomic E-state index is 8.63. The van der Waals surface area contributed by atoms with Gasteiger partial charge in [0.05, 0.1) is 15.7 Å². The van der Waals surface area contributed by atoms with E-state index in [4.69, 9.17) is 39.9 Å². The number of pyridine rings is 1. The maximum atomic E-state index is 8.63. The van der Waals surface area contributed by atoms with Crippen LogP contribution in [0.15, 0.2) is 6.07 Å². The molecule has 0 saturated heterocycles. The van der Waals surface area contributed by atoms with Crippen molar-refractivity contribution in [2.75, 3.05) is 6.61 Å². The minimum Gasteiger partial charge on any atom is -0.396 e. The van der Waals surface area contributed by atoms with Crippen molar-refractivity contribution in [2.24, 2.45) is 0 Å². The van der Waals surface area contributed by atoms with Gasteiger partial charge in [-0.05, 0) is 6.07 Å². The zero-order valence-corrected chi connectivity index (χ0v) is 8.29. The van der Waals surface area contributed by atoms with Crippen molar-refractivity contribution in [3.05, 3.63) is 27.0 Å². The van der Waals surface area contributed by atoms with Gasteiger partial charge in [-0.1, -0.05) is 34.8 Å². The summed E-state index contributed by atoms with van der Waals surface area (Å²) in [6, 6.07) is 1.52. The lowest BCUT2D eigenvalue weighted by Gasteiger charge is -2.02. The summed E-state index contributed by atoms with van der Waals surface area (Å²) < 4.78 is 0. The summed E-state index contributed by atoms with van der Waals surface area (Å²) in [7, 11) is 0. The van der Waals surface area contributed by atoms with E-state index in [1.165, 1.54) is 6.07 Å². The molecule has 1 rings (SSSR count). The van der Waals surface area contributed by atoms with Crippen LogP contribution in [-0.2, 0) is 6.42 Å². The third-order valence-corrected chi connectivity index (χ3v) is 2.31. The van der Waals surface area contributed by atoms with E-state index >= 15 is 0 Å². The molecule has 2 nitrogen and oxygen atoms in total. The molecular weight excluding hydrogens is 220 g/mol. The maximum Gasteiger partial charge on any atom is 0.148 e. The summed E-state index contributed by atoms with van der Waals surface area (Å²) >= 11 is 17.0. The third kappa shape index (κ3) is 2.23. The van der Waals surface area contributed by atoms with E-state index < -0.39 is 0 Å². The molecule has 1 aromatic heterocycles. The number of aliphatic hydroxyl groups excluding tert-OH is 1. The number of hydrogen-bond acceptors (Lipinski definition) is 2. The molecule has 0 fully saturated rings. The van der Waals surface area contributed by atoms with Crippen LogP contribution in [0.2, 0.25) is 15.2 Å². The summed E-state index contributed by atoms with van der Waals surface area (Å²) in [5.74, 6) is 0. The monoisotopic (exact) mass is 225 g/mol. The second-order valence-corrected chi connectivity index (χ2v) is 3.34. The lowest BCUT2D eigenvalue weighted by Crippen LogP contribution is -1.96. The number of aliphatic hydroxyl groups is 1. The molecular formula is C7H6Cl3NO. The Hall–Kier alpha value is -0.0200. The van der Waals surface area contributed by atoms with Gasteiger partial charge >= 0.3 is 0 Å². The van der Waals surface area contributed by atoms with Gasteiger partial charge in [0, 0.05) is 13.0 Å². The highest BCUT2D eigenvalue weighted by Gasteiger charge is 2.06. The first-order valence-corrected chi connectivity index (χ1v) is 4.40. The Morgan fingerprint density at radius 1 is 1.25 bits per heavy atom. The van der Waals surface area contributed by atoms with Gasteiger partial charge in [0.25, 0.3) is 0 Å². The molecule has 0 aliphatic heterocycles. The molecule has 0 aliphatic rings. The van der Waals surface area contributed by atoms with Crippen LogP contribution in [0.1, 0.15) is 5.69 Å². The van der Waals surface area contributed by atoms with Crippen molar-refractivity contribution in [2.45, 2.75) is 6.42 Å². The average molecular weight is 226 g/mol. The van der Waals surface area contributed by atoms with E-state index in [1.807, 2.05) is 0 Å². The number of aromatic nitrogens is 1. The Balaban J connectivity index is 3.05. The molecule has 5 heteroatoms. The van der Waals surface area contributed by atoms with Crippen LogP contribution in [-0.4, -0.2) is 16.7 Å². The van der Waals surface area contributed by atoms with Crippen LogP contribution in [0, 0.1) is 0 Å². The van der Waals surface area contributed by atoms with E-state index in [-0.39, 0.29) is 11.8 Å². The highest BCUT2D eigenvalue weighted by molar-refractivity contribution is 6.42. The summed E-state index contributed by atoms with van der Waals surface area (Å²) in [5.41, 5.74) is 0.563. The van der Waals surface area contributed by atoms with E-state index in [0.717, 1.165) is 0 Å². The highest BCUT2D eigenvalue weighted by Crippen LogP contribution is 2.25. The summed E-state index contributed by atoms with van der Waals surface area (Å²) in [5, 5.41) is 9.59.